The summed E-state index contributed by atoms with van der Waals surface area (Å²) in [5, 5.41) is 2.97. The number of Topliss-reactive ketones (excluding diaryl/α,β-unsaturated/α-hetero) is 1. The van der Waals surface area contributed by atoms with Crippen molar-refractivity contribution >= 4 is 11.8 Å². The molecule has 2 amide bonds. The molecule has 6 nitrogen and oxygen atoms in total. The van der Waals surface area contributed by atoms with E-state index < -0.39 is 0 Å². The van der Waals surface area contributed by atoms with Gasteiger partial charge in [0.2, 0.25) is 5.78 Å². The van der Waals surface area contributed by atoms with Crippen molar-refractivity contribution in [3.05, 3.63) is 60.1 Å². The number of piperazine rings is 1. The number of carbonyl (C=O) groups excluding carboxylic acids is 2. The fraction of sp³-hybridized carbons (Fsp3) is 0.368. The number of ketones is 1. The van der Waals surface area contributed by atoms with Crippen LogP contribution < -0.4 is 5.32 Å². The van der Waals surface area contributed by atoms with E-state index in [9.17, 15) is 9.59 Å². The molecule has 1 aromatic carbocycles. The molecule has 1 aromatic heterocycles. The quantitative estimate of drug-likeness (QED) is 0.817. The SMILES string of the molecule is O=C(CN1CCN(C(=O)NCCc2ccccc2)CC1)c1ccco1. The van der Waals surface area contributed by atoms with Gasteiger partial charge in [-0.25, -0.2) is 4.79 Å². The number of amides is 2. The fourth-order valence-corrected chi connectivity index (χ4v) is 2.90. The number of hydrogen-bond acceptors (Lipinski definition) is 4. The highest BCUT2D eigenvalue weighted by Crippen LogP contribution is 2.07. The first kappa shape index (κ1) is 17.2. The molecular weight excluding hydrogens is 318 g/mol. The number of benzene rings is 1. The van der Waals surface area contributed by atoms with Gasteiger partial charge in [0.1, 0.15) is 0 Å². The van der Waals surface area contributed by atoms with Crippen LogP contribution in [0.4, 0.5) is 4.79 Å². The molecule has 0 saturated carbocycles. The van der Waals surface area contributed by atoms with Crippen LogP contribution in [0.3, 0.4) is 0 Å². The highest BCUT2D eigenvalue weighted by atomic mass is 16.3. The van der Waals surface area contributed by atoms with Crippen LogP contribution >= 0.6 is 0 Å². The molecule has 1 N–H and O–H groups in total. The van der Waals surface area contributed by atoms with Crippen LogP contribution in [0, 0.1) is 0 Å². The first-order chi connectivity index (χ1) is 12.2. The lowest BCUT2D eigenvalue weighted by Gasteiger charge is -2.34. The van der Waals surface area contributed by atoms with E-state index in [1.807, 2.05) is 18.2 Å². The van der Waals surface area contributed by atoms with Crippen molar-refractivity contribution in [1.29, 1.82) is 0 Å². The van der Waals surface area contributed by atoms with Gasteiger partial charge in [-0.05, 0) is 24.1 Å². The second-order valence-corrected chi connectivity index (χ2v) is 6.13. The molecule has 1 saturated heterocycles. The van der Waals surface area contributed by atoms with Gasteiger partial charge in [0, 0.05) is 32.7 Å². The van der Waals surface area contributed by atoms with E-state index in [4.69, 9.17) is 4.42 Å². The van der Waals surface area contributed by atoms with E-state index in [0.29, 0.717) is 45.0 Å². The third kappa shape index (κ3) is 4.93. The summed E-state index contributed by atoms with van der Waals surface area (Å²) in [5.74, 6) is 0.367. The van der Waals surface area contributed by atoms with Crippen molar-refractivity contribution in [3.8, 4) is 0 Å². The molecular formula is C19H23N3O3. The third-order valence-corrected chi connectivity index (χ3v) is 4.36. The average Bonchev–Trinajstić information content (AvgIpc) is 3.18. The molecule has 0 atom stereocenters. The zero-order chi connectivity index (χ0) is 17.5. The van der Waals surface area contributed by atoms with Crippen LogP contribution in [0.2, 0.25) is 0 Å². The largest absolute Gasteiger partial charge is 0.461 e. The molecule has 6 heteroatoms. The number of nitrogens with zero attached hydrogens (tertiary/aromatic N) is 2. The van der Waals surface area contributed by atoms with E-state index in [0.717, 1.165) is 6.42 Å². The molecule has 2 aromatic rings. The molecule has 0 bridgehead atoms. The van der Waals surface area contributed by atoms with Crippen molar-refractivity contribution in [2.75, 3.05) is 39.3 Å². The zero-order valence-corrected chi connectivity index (χ0v) is 14.2. The van der Waals surface area contributed by atoms with Crippen molar-refractivity contribution in [2.24, 2.45) is 0 Å². The predicted molar refractivity (Wildman–Crippen MR) is 94.6 cm³/mol. The number of urea groups is 1. The Labute approximate surface area is 147 Å². The fourth-order valence-electron chi connectivity index (χ4n) is 2.90. The van der Waals surface area contributed by atoms with Crippen LogP contribution in [0.25, 0.3) is 0 Å². The number of furan rings is 1. The standard InChI is InChI=1S/C19H23N3O3/c23-17(18-7-4-14-25-18)15-21-10-12-22(13-11-21)19(24)20-9-8-16-5-2-1-3-6-16/h1-7,14H,8-13,15H2,(H,20,24). The topological polar surface area (TPSA) is 65.8 Å². The summed E-state index contributed by atoms with van der Waals surface area (Å²) in [6.07, 6.45) is 2.33. The van der Waals surface area contributed by atoms with E-state index in [2.05, 4.69) is 22.3 Å². The van der Waals surface area contributed by atoms with E-state index in [-0.39, 0.29) is 11.8 Å². The van der Waals surface area contributed by atoms with E-state index in [1.165, 1.54) is 11.8 Å². The normalized spacial score (nSPS) is 15.1. The molecule has 1 fully saturated rings. The molecule has 132 valence electrons. The minimum atomic E-state index is -0.0343. The van der Waals surface area contributed by atoms with Crippen LogP contribution in [-0.4, -0.2) is 60.9 Å². The third-order valence-electron chi connectivity index (χ3n) is 4.36. The Hall–Kier alpha value is -2.60. The Balaban J connectivity index is 1.36. The molecule has 3 rings (SSSR count). The monoisotopic (exact) mass is 341 g/mol. The summed E-state index contributed by atoms with van der Waals surface area (Å²) < 4.78 is 5.13. The Morgan fingerprint density at radius 1 is 1.00 bits per heavy atom. The van der Waals surface area contributed by atoms with Crippen LogP contribution in [-0.2, 0) is 6.42 Å². The number of carbonyl (C=O) groups is 2. The van der Waals surface area contributed by atoms with Crippen molar-refractivity contribution in [1.82, 2.24) is 15.1 Å². The minimum Gasteiger partial charge on any atom is -0.461 e. The smallest absolute Gasteiger partial charge is 0.317 e. The van der Waals surface area contributed by atoms with Crippen molar-refractivity contribution in [2.45, 2.75) is 6.42 Å². The Morgan fingerprint density at radius 3 is 2.44 bits per heavy atom. The molecule has 1 aliphatic rings. The van der Waals surface area contributed by atoms with Gasteiger partial charge in [-0.15, -0.1) is 0 Å². The maximum absolute atomic E-state index is 12.2. The number of rotatable bonds is 6. The van der Waals surface area contributed by atoms with Gasteiger partial charge in [-0.1, -0.05) is 30.3 Å². The molecule has 0 spiro atoms. The number of nitrogens with one attached hydrogen (secondary N) is 1. The van der Waals surface area contributed by atoms with Crippen molar-refractivity contribution in [3.63, 3.8) is 0 Å². The lowest BCUT2D eigenvalue weighted by molar-refractivity contribution is 0.0852. The molecule has 25 heavy (non-hydrogen) atoms. The van der Waals surface area contributed by atoms with Crippen LogP contribution in [0.1, 0.15) is 16.1 Å². The molecule has 1 aliphatic heterocycles. The molecule has 0 aliphatic carbocycles. The Morgan fingerprint density at radius 2 is 1.76 bits per heavy atom. The Kier molecular flexibility index (Phi) is 5.85. The first-order valence-electron chi connectivity index (χ1n) is 8.58. The lowest BCUT2D eigenvalue weighted by atomic mass is 10.1. The summed E-state index contributed by atoms with van der Waals surface area (Å²) in [6.45, 7) is 3.60. The molecule has 2 heterocycles. The average molecular weight is 341 g/mol. The summed E-state index contributed by atoms with van der Waals surface area (Å²) in [6, 6.07) is 13.5. The maximum Gasteiger partial charge on any atom is 0.317 e. The lowest BCUT2D eigenvalue weighted by Crippen LogP contribution is -2.52. The minimum absolute atomic E-state index is 0.0224. The van der Waals surface area contributed by atoms with Crippen LogP contribution in [0.5, 0.6) is 0 Å². The number of hydrogen-bond donors (Lipinski definition) is 1. The van der Waals surface area contributed by atoms with Crippen molar-refractivity contribution < 1.29 is 14.0 Å². The van der Waals surface area contributed by atoms with Gasteiger partial charge in [0.25, 0.3) is 0 Å². The van der Waals surface area contributed by atoms with Gasteiger partial charge < -0.3 is 14.6 Å². The maximum atomic E-state index is 12.2. The second kappa shape index (κ2) is 8.48. The van der Waals surface area contributed by atoms with Crippen LogP contribution in [0.15, 0.2) is 53.1 Å². The van der Waals surface area contributed by atoms with Gasteiger partial charge in [0.15, 0.2) is 5.76 Å². The first-order valence-corrected chi connectivity index (χ1v) is 8.58. The zero-order valence-electron chi connectivity index (χ0n) is 14.2. The highest BCUT2D eigenvalue weighted by molar-refractivity contribution is 5.95. The summed E-state index contributed by atoms with van der Waals surface area (Å²) in [5.41, 5.74) is 1.21. The predicted octanol–water partition coefficient (Wildman–Crippen LogP) is 2.03. The van der Waals surface area contributed by atoms with Gasteiger partial charge >= 0.3 is 6.03 Å². The second-order valence-electron chi connectivity index (χ2n) is 6.13. The summed E-state index contributed by atoms with van der Waals surface area (Å²) >= 11 is 0. The van der Waals surface area contributed by atoms with E-state index in [1.54, 1.807) is 17.0 Å². The Bertz CT molecular complexity index is 677. The molecule has 0 unspecified atom stereocenters. The van der Waals surface area contributed by atoms with Gasteiger partial charge in [-0.3, -0.25) is 9.69 Å². The van der Waals surface area contributed by atoms with Gasteiger partial charge in [0.05, 0.1) is 12.8 Å². The highest BCUT2D eigenvalue weighted by Gasteiger charge is 2.23. The van der Waals surface area contributed by atoms with Gasteiger partial charge in [-0.2, -0.15) is 0 Å². The van der Waals surface area contributed by atoms with E-state index >= 15 is 0 Å². The summed E-state index contributed by atoms with van der Waals surface area (Å²) in [7, 11) is 0. The molecule has 0 radical (unpaired) electrons. The summed E-state index contributed by atoms with van der Waals surface area (Å²) in [4.78, 5) is 28.1.